The van der Waals surface area contributed by atoms with E-state index in [2.05, 4.69) is 0 Å². The zero-order valence-corrected chi connectivity index (χ0v) is 20.0. The van der Waals surface area contributed by atoms with Gasteiger partial charge in [-0.15, -0.1) is 11.6 Å². The van der Waals surface area contributed by atoms with Crippen LogP contribution in [0.2, 0.25) is 0 Å². The van der Waals surface area contributed by atoms with Crippen LogP contribution in [0.25, 0.3) is 0 Å². The van der Waals surface area contributed by atoms with E-state index in [1.165, 1.54) is 38.5 Å². The first-order valence-electron chi connectivity index (χ1n) is 13.3. The molecule has 0 heterocycles. The van der Waals surface area contributed by atoms with Gasteiger partial charge in [-0.3, -0.25) is 0 Å². The van der Waals surface area contributed by atoms with Crippen molar-refractivity contribution in [3.63, 3.8) is 0 Å². The minimum absolute atomic E-state index is 0.280. The van der Waals surface area contributed by atoms with E-state index in [1.54, 1.807) is 0 Å². The molecule has 0 amide bonds. The summed E-state index contributed by atoms with van der Waals surface area (Å²) >= 11 is 6.81. The van der Waals surface area contributed by atoms with Crippen LogP contribution < -0.4 is 5.73 Å². The maximum atomic E-state index is 14.7. The highest BCUT2D eigenvalue weighted by molar-refractivity contribution is 6.25. The molecule has 4 aliphatic rings. The summed E-state index contributed by atoms with van der Waals surface area (Å²) < 4.78 is 44.0. The van der Waals surface area contributed by atoms with Gasteiger partial charge in [-0.1, -0.05) is 57.8 Å². The Morgan fingerprint density at radius 3 is 1.84 bits per heavy atom. The van der Waals surface area contributed by atoms with Crippen molar-refractivity contribution in [2.45, 2.75) is 132 Å². The van der Waals surface area contributed by atoms with Crippen LogP contribution in [-0.4, -0.2) is 16.6 Å². The molecule has 0 bridgehead atoms. The first-order chi connectivity index (χ1) is 14.7. The molecule has 0 aromatic heterocycles. The Kier molecular flexibility index (Phi) is 7.58. The van der Waals surface area contributed by atoms with Crippen molar-refractivity contribution in [3.8, 4) is 0 Å². The zero-order valence-electron chi connectivity index (χ0n) is 19.2. The SMILES string of the molecule is NC1(C2CCCCC2)CCCC(C(Cl)(C2CCCC(C3CCC3)CC2)C(F)(F)F)CC1. The number of rotatable bonds is 4. The lowest BCUT2D eigenvalue weighted by molar-refractivity contribution is -0.192. The van der Waals surface area contributed by atoms with Crippen LogP contribution >= 0.6 is 11.6 Å². The normalized spacial score (nSPS) is 39.2. The highest BCUT2D eigenvalue weighted by Crippen LogP contribution is 2.56. The van der Waals surface area contributed by atoms with E-state index in [0.29, 0.717) is 43.9 Å². The molecule has 5 heteroatoms. The van der Waals surface area contributed by atoms with E-state index in [-0.39, 0.29) is 5.54 Å². The molecule has 0 aromatic rings. The van der Waals surface area contributed by atoms with Gasteiger partial charge in [-0.25, -0.2) is 0 Å². The van der Waals surface area contributed by atoms with Gasteiger partial charge in [-0.05, 0) is 87.4 Å². The second kappa shape index (κ2) is 9.72. The topological polar surface area (TPSA) is 26.0 Å². The molecule has 0 aliphatic heterocycles. The fourth-order valence-corrected chi connectivity index (χ4v) is 8.26. The van der Waals surface area contributed by atoms with Gasteiger partial charge in [0.2, 0.25) is 0 Å². The molecule has 0 saturated heterocycles. The Labute approximate surface area is 192 Å². The molecule has 4 saturated carbocycles. The molecule has 180 valence electrons. The predicted octanol–water partition coefficient (Wildman–Crippen LogP) is 8.38. The van der Waals surface area contributed by atoms with Crippen molar-refractivity contribution in [1.82, 2.24) is 0 Å². The fourth-order valence-electron chi connectivity index (χ4n) is 7.83. The maximum Gasteiger partial charge on any atom is 0.408 e. The second-order valence-electron chi connectivity index (χ2n) is 11.6. The molecule has 5 unspecified atom stereocenters. The molecule has 0 radical (unpaired) electrons. The standard InChI is InChI=1S/C26H43ClF3N/c27-25(26(28,29)30,22-12-5-9-20(14-15-22)19-7-4-8-19)23-13-6-17-24(31,18-16-23)21-10-2-1-3-11-21/h19-23H,1-18,31H2. The van der Waals surface area contributed by atoms with Crippen molar-refractivity contribution >= 4 is 11.6 Å². The van der Waals surface area contributed by atoms with E-state index in [1.807, 2.05) is 0 Å². The summed E-state index contributed by atoms with van der Waals surface area (Å²) in [5.41, 5.74) is 6.62. The molecule has 4 fully saturated rings. The van der Waals surface area contributed by atoms with Gasteiger partial charge >= 0.3 is 6.18 Å². The van der Waals surface area contributed by atoms with Gasteiger partial charge in [-0.2, -0.15) is 13.2 Å². The smallest absolute Gasteiger partial charge is 0.325 e. The van der Waals surface area contributed by atoms with Gasteiger partial charge in [0.05, 0.1) is 0 Å². The minimum atomic E-state index is -4.35. The Morgan fingerprint density at radius 2 is 1.19 bits per heavy atom. The quantitative estimate of drug-likeness (QED) is 0.330. The van der Waals surface area contributed by atoms with Crippen molar-refractivity contribution in [2.75, 3.05) is 0 Å². The summed E-state index contributed by atoms with van der Waals surface area (Å²) in [4.78, 5) is -2.07. The van der Waals surface area contributed by atoms with Crippen molar-refractivity contribution in [1.29, 1.82) is 0 Å². The zero-order chi connectivity index (χ0) is 22.1. The van der Waals surface area contributed by atoms with Gasteiger partial charge in [0.25, 0.3) is 0 Å². The van der Waals surface area contributed by atoms with Crippen LogP contribution in [-0.2, 0) is 0 Å². The Morgan fingerprint density at radius 1 is 0.613 bits per heavy atom. The molecule has 1 nitrogen and oxygen atoms in total. The van der Waals surface area contributed by atoms with E-state index >= 15 is 0 Å². The number of hydrogen-bond acceptors (Lipinski definition) is 1. The van der Waals surface area contributed by atoms with Gasteiger partial charge < -0.3 is 5.73 Å². The third-order valence-corrected chi connectivity index (χ3v) is 10.9. The van der Waals surface area contributed by atoms with Crippen molar-refractivity contribution in [3.05, 3.63) is 0 Å². The number of nitrogens with two attached hydrogens (primary N) is 1. The molecule has 0 spiro atoms. The summed E-state index contributed by atoms with van der Waals surface area (Å²) in [6.07, 6.45) is 13.3. The first-order valence-corrected chi connectivity index (χ1v) is 13.7. The molecule has 5 atom stereocenters. The third-order valence-electron chi connectivity index (χ3n) is 10.0. The number of hydrogen-bond donors (Lipinski definition) is 1. The van der Waals surface area contributed by atoms with Gasteiger partial charge in [0, 0.05) is 5.54 Å². The number of alkyl halides is 4. The van der Waals surface area contributed by atoms with Gasteiger partial charge in [0.15, 0.2) is 0 Å². The summed E-state index contributed by atoms with van der Waals surface area (Å²) in [6.45, 7) is 0. The lowest BCUT2D eigenvalue weighted by atomic mass is 9.70. The number of halogens is 4. The lowest BCUT2D eigenvalue weighted by Crippen LogP contribution is -2.52. The molecular weight excluding hydrogens is 419 g/mol. The Hall–Kier alpha value is 0.0400. The largest absolute Gasteiger partial charge is 0.408 e. The van der Waals surface area contributed by atoms with Crippen LogP contribution in [0.3, 0.4) is 0 Å². The van der Waals surface area contributed by atoms with E-state index in [0.717, 1.165) is 50.9 Å². The molecule has 31 heavy (non-hydrogen) atoms. The maximum absolute atomic E-state index is 14.7. The highest BCUT2D eigenvalue weighted by atomic mass is 35.5. The third kappa shape index (κ3) is 4.96. The van der Waals surface area contributed by atoms with Gasteiger partial charge in [0.1, 0.15) is 4.87 Å². The molecule has 4 rings (SSSR count). The van der Waals surface area contributed by atoms with E-state index in [9.17, 15) is 13.2 Å². The van der Waals surface area contributed by atoms with E-state index in [4.69, 9.17) is 17.3 Å². The van der Waals surface area contributed by atoms with Crippen molar-refractivity contribution in [2.24, 2.45) is 35.3 Å². The van der Waals surface area contributed by atoms with E-state index < -0.39 is 22.9 Å². The lowest BCUT2D eigenvalue weighted by Gasteiger charge is -2.43. The van der Waals surface area contributed by atoms with Crippen LogP contribution in [0.1, 0.15) is 116 Å². The Balaban J connectivity index is 1.48. The molecule has 4 aliphatic carbocycles. The monoisotopic (exact) mass is 461 g/mol. The molecular formula is C26H43ClF3N. The summed E-state index contributed by atoms with van der Waals surface area (Å²) in [5.74, 6) is 0.944. The second-order valence-corrected chi connectivity index (χ2v) is 12.2. The Bertz CT molecular complexity index is 586. The summed E-state index contributed by atoms with van der Waals surface area (Å²) in [7, 11) is 0. The summed E-state index contributed by atoms with van der Waals surface area (Å²) in [5, 5.41) is 0. The van der Waals surface area contributed by atoms with Crippen LogP contribution in [0.4, 0.5) is 13.2 Å². The first kappa shape index (κ1) is 24.2. The highest BCUT2D eigenvalue weighted by Gasteiger charge is 2.62. The van der Waals surface area contributed by atoms with Crippen LogP contribution in [0, 0.1) is 29.6 Å². The van der Waals surface area contributed by atoms with Crippen LogP contribution in [0.5, 0.6) is 0 Å². The fraction of sp³-hybridized carbons (Fsp3) is 1.00. The summed E-state index contributed by atoms with van der Waals surface area (Å²) in [6, 6.07) is 0. The predicted molar refractivity (Wildman–Crippen MR) is 122 cm³/mol. The average Bonchev–Trinajstić information content (AvgIpc) is 3.06. The van der Waals surface area contributed by atoms with Crippen LogP contribution in [0.15, 0.2) is 0 Å². The van der Waals surface area contributed by atoms with Crippen molar-refractivity contribution < 1.29 is 13.2 Å². The minimum Gasteiger partial charge on any atom is -0.325 e. The molecule has 2 N–H and O–H groups in total. The molecule has 0 aromatic carbocycles. The average molecular weight is 462 g/mol.